The fourth-order valence-electron chi connectivity index (χ4n) is 3.88. The van der Waals surface area contributed by atoms with Gasteiger partial charge in [-0.1, -0.05) is 30.4 Å². The van der Waals surface area contributed by atoms with Gasteiger partial charge >= 0.3 is 0 Å². The smallest absolute Gasteiger partial charge is 0.228 e. The van der Waals surface area contributed by atoms with E-state index >= 15 is 0 Å². The third-order valence-electron chi connectivity index (χ3n) is 5.36. The molecule has 3 heterocycles. The molecule has 1 aromatic carbocycles. The van der Waals surface area contributed by atoms with Crippen LogP contribution in [0.15, 0.2) is 30.6 Å². The molecule has 2 aliphatic rings. The lowest BCUT2D eigenvalue weighted by Crippen LogP contribution is -2.37. The molecule has 0 amide bonds. The largest absolute Gasteiger partial charge is 0.383 e. The van der Waals surface area contributed by atoms with Crippen molar-refractivity contribution in [3.63, 3.8) is 0 Å². The average molecular weight is 377 g/mol. The van der Waals surface area contributed by atoms with E-state index in [0.717, 1.165) is 47.9 Å². The Hall–Kier alpha value is -2.77. The summed E-state index contributed by atoms with van der Waals surface area (Å²) in [7, 11) is 1.71. The number of imidazole rings is 1. The molecule has 1 fully saturated rings. The van der Waals surface area contributed by atoms with Crippen molar-refractivity contribution in [2.24, 2.45) is 0 Å². The van der Waals surface area contributed by atoms with Gasteiger partial charge in [0, 0.05) is 32.3 Å². The lowest BCUT2D eigenvalue weighted by molar-refractivity contribution is 0.122. The first-order valence-electron chi connectivity index (χ1n) is 9.68. The third kappa shape index (κ3) is 2.96. The van der Waals surface area contributed by atoms with Gasteiger partial charge in [-0.25, -0.2) is 9.97 Å². The zero-order chi connectivity index (χ0) is 18.9. The third-order valence-corrected chi connectivity index (χ3v) is 5.36. The van der Waals surface area contributed by atoms with Crippen molar-refractivity contribution in [1.29, 1.82) is 0 Å². The first-order valence-corrected chi connectivity index (χ1v) is 9.68. The summed E-state index contributed by atoms with van der Waals surface area (Å²) in [5.74, 6) is 0.740. The quantitative estimate of drug-likeness (QED) is 0.681. The van der Waals surface area contributed by atoms with Gasteiger partial charge < -0.3 is 18.9 Å². The topological polar surface area (TPSA) is 65.3 Å². The molecule has 0 bridgehead atoms. The summed E-state index contributed by atoms with van der Waals surface area (Å²) >= 11 is 0. The molecule has 7 heteroatoms. The van der Waals surface area contributed by atoms with Gasteiger partial charge in [-0.15, -0.1) is 0 Å². The van der Waals surface area contributed by atoms with Crippen LogP contribution in [0.1, 0.15) is 11.1 Å². The Morgan fingerprint density at radius 2 is 2.07 bits per heavy atom. The first kappa shape index (κ1) is 17.3. The van der Waals surface area contributed by atoms with Crippen LogP contribution < -0.4 is 4.90 Å². The van der Waals surface area contributed by atoms with E-state index in [4.69, 9.17) is 19.4 Å². The molecule has 1 aliphatic carbocycles. The average Bonchev–Trinajstić information content (AvgIpc) is 3.39. The van der Waals surface area contributed by atoms with Crippen molar-refractivity contribution >= 4 is 23.2 Å². The SMILES string of the molecule is COCCn1cnc2c(-c3cccc4c3C=CC4)nc(N3CCOCC3)nc21. The van der Waals surface area contributed by atoms with Crippen molar-refractivity contribution in [3.8, 4) is 11.3 Å². The Morgan fingerprint density at radius 1 is 1.18 bits per heavy atom. The number of methoxy groups -OCH3 is 1. The predicted molar refractivity (Wildman–Crippen MR) is 108 cm³/mol. The number of anilines is 1. The number of hydrogen-bond acceptors (Lipinski definition) is 6. The molecule has 0 N–H and O–H groups in total. The van der Waals surface area contributed by atoms with E-state index in [9.17, 15) is 0 Å². The lowest BCUT2D eigenvalue weighted by atomic mass is 10.0. The van der Waals surface area contributed by atoms with Crippen molar-refractivity contribution in [2.75, 3.05) is 44.9 Å². The molecule has 0 radical (unpaired) electrons. The second-order valence-electron chi connectivity index (χ2n) is 7.06. The molecule has 28 heavy (non-hydrogen) atoms. The maximum Gasteiger partial charge on any atom is 0.228 e. The highest BCUT2D eigenvalue weighted by Gasteiger charge is 2.22. The van der Waals surface area contributed by atoms with Gasteiger partial charge in [0.1, 0.15) is 11.2 Å². The number of nitrogens with zero attached hydrogens (tertiary/aromatic N) is 5. The minimum absolute atomic E-state index is 0.612. The van der Waals surface area contributed by atoms with Crippen LogP contribution in [0, 0.1) is 0 Å². The van der Waals surface area contributed by atoms with Crippen LogP contribution in [0.4, 0.5) is 5.95 Å². The molecular weight excluding hydrogens is 354 g/mol. The normalized spacial score (nSPS) is 16.1. The molecule has 1 aliphatic heterocycles. The zero-order valence-electron chi connectivity index (χ0n) is 16.0. The molecule has 0 saturated carbocycles. The van der Waals surface area contributed by atoms with Crippen molar-refractivity contribution in [3.05, 3.63) is 41.7 Å². The fourth-order valence-corrected chi connectivity index (χ4v) is 3.88. The second kappa shape index (κ2) is 7.33. The Bertz CT molecular complexity index is 1040. The number of fused-ring (bicyclic) bond motifs is 2. The highest BCUT2D eigenvalue weighted by Crippen LogP contribution is 2.34. The summed E-state index contributed by atoms with van der Waals surface area (Å²) in [6.45, 7) is 4.31. The van der Waals surface area contributed by atoms with Crippen molar-refractivity contribution in [2.45, 2.75) is 13.0 Å². The second-order valence-corrected chi connectivity index (χ2v) is 7.06. The minimum Gasteiger partial charge on any atom is -0.383 e. The van der Waals surface area contributed by atoms with E-state index < -0.39 is 0 Å². The van der Waals surface area contributed by atoms with Crippen LogP contribution >= 0.6 is 0 Å². The van der Waals surface area contributed by atoms with Gasteiger partial charge in [-0.05, 0) is 17.5 Å². The number of benzene rings is 1. The van der Waals surface area contributed by atoms with E-state index in [0.29, 0.717) is 26.4 Å². The molecule has 2 aromatic heterocycles. The molecule has 0 atom stereocenters. The van der Waals surface area contributed by atoms with Crippen LogP contribution in [0.3, 0.4) is 0 Å². The number of allylic oxidation sites excluding steroid dienone is 1. The van der Waals surface area contributed by atoms with E-state index in [1.54, 1.807) is 7.11 Å². The Labute approximate surface area is 163 Å². The van der Waals surface area contributed by atoms with Gasteiger partial charge in [-0.3, -0.25) is 0 Å². The standard InChI is InChI=1S/C21H23N5O2/c1-27-11-8-26-14-22-19-18(17-7-3-5-15-4-2-6-16(15)17)23-21(24-20(19)26)25-9-12-28-13-10-25/h2-3,5-7,14H,4,8-13H2,1H3. The monoisotopic (exact) mass is 377 g/mol. The molecule has 1 saturated heterocycles. The van der Waals surface area contributed by atoms with E-state index in [1.807, 2.05) is 10.9 Å². The highest BCUT2D eigenvalue weighted by atomic mass is 16.5. The summed E-state index contributed by atoms with van der Waals surface area (Å²) in [5.41, 5.74) is 6.26. The minimum atomic E-state index is 0.612. The lowest BCUT2D eigenvalue weighted by Gasteiger charge is -2.27. The van der Waals surface area contributed by atoms with Gasteiger partial charge in [-0.2, -0.15) is 4.98 Å². The number of hydrogen-bond donors (Lipinski definition) is 0. The molecule has 144 valence electrons. The highest BCUT2D eigenvalue weighted by molar-refractivity contribution is 5.92. The van der Waals surface area contributed by atoms with Crippen LogP contribution in [0.5, 0.6) is 0 Å². The van der Waals surface area contributed by atoms with E-state index in [2.05, 4.69) is 40.2 Å². The predicted octanol–water partition coefficient (Wildman–Crippen LogP) is 2.55. The molecular formula is C21H23N5O2. The van der Waals surface area contributed by atoms with Crippen molar-refractivity contribution < 1.29 is 9.47 Å². The van der Waals surface area contributed by atoms with Crippen LogP contribution in [0.2, 0.25) is 0 Å². The van der Waals surface area contributed by atoms with E-state index in [1.165, 1.54) is 11.1 Å². The van der Waals surface area contributed by atoms with Crippen LogP contribution in [0.25, 0.3) is 28.5 Å². The Morgan fingerprint density at radius 3 is 2.93 bits per heavy atom. The summed E-state index contributed by atoms with van der Waals surface area (Å²) < 4.78 is 12.8. The summed E-state index contributed by atoms with van der Waals surface area (Å²) in [6, 6.07) is 6.41. The molecule has 7 nitrogen and oxygen atoms in total. The maximum atomic E-state index is 5.51. The number of aromatic nitrogens is 4. The number of morpholine rings is 1. The zero-order valence-corrected chi connectivity index (χ0v) is 16.0. The molecule has 3 aromatic rings. The van der Waals surface area contributed by atoms with Gasteiger partial charge in [0.05, 0.1) is 26.1 Å². The molecule has 0 spiro atoms. The summed E-state index contributed by atoms with van der Waals surface area (Å²) in [6.07, 6.45) is 7.20. The maximum absolute atomic E-state index is 5.51. The number of rotatable bonds is 5. The Kier molecular flexibility index (Phi) is 4.54. The van der Waals surface area contributed by atoms with Crippen molar-refractivity contribution in [1.82, 2.24) is 19.5 Å². The van der Waals surface area contributed by atoms with E-state index in [-0.39, 0.29) is 0 Å². The molecule has 5 rings (SSSR count). The summed E-state index contributed by atoms with van der Waals surface area (Å²) in [5, 5.41) is 0. The first-order chi connectivity index (χ1) is 13.8. The summed E-state index contributed by atoms with van der Waals surface area (Å²) in [4.78, 5) is 16.7. The van der Waals surface area contributed by atoms with Gasteiger partial charge in [0.2, 0.25) is 5.95 Å². The van der Waals surface area contributed by atoms with Crippen LogP contribution in [-0.2, 0) is 22.4 Å². The van der Waals surface area contributed by atoms with Crippen LogP contribution in [-0.4, -0.2) is 59.5 Å². The number of ether oxygens (including phenoxy) is 2. The Balaban J connectivity index is 1.70. The van der Waals surface area contributed by atoms with Gasteiger partial charge in [0.15, 0.2) is 5.65 Å². The fraction of sp³-hybridized carbons (Fsp3) is 0.381. The van der Waals surface area contributed by atoms with Gasteiger partial charge in [0.25, 0.3) is 0 Å². The molecule has 0 unspecified atom stereocenters.